The molecule has 112 valence electrons. The molecule has 2 aromatic rings. The number of hydrogen-bond donors (Lipinski definition) is 3. The fourth-order valence-electron chi connectivity index (χ4n) is 1.50. The summed E-state index contributed by atoms with van der Waals surface area (Å²) in [5, 5.41) is 8.83. The third-order valence-corrected chi connectivity index (χ3v) is 4.68. The van der Waals surface area contributed by atoms with Crippen LogP contribution in [-0.4, -0.2) is 28.8 Å². The van der Waals surface area contributed by atoms with Crippen molar-refractivity contribution >= 4 is 44.6 Å². The molecule has 0 aliphatic carbocycles. The number of nitrogens with zero attached hydrogens (tertiary/aromatic N) is 2. The Bertz CT molecular complexity index is 677. The number of nitrogens with two attached hydrogens (primary N) is 1. The van der Waals surface area contributed by atoms with Crippen LogP contribution in [0.25, 0.3) is 0 Å². The summed E-state index contributed by atoms with van der Waals surface area (Å²) in [4.78, 5) is 31.8. The largest absolute Gasteiger partial charge is 0.365 e. The molecule has 0 radical (unpaired) electrons. The summed E-state index contributed by atoms with van der Waals surface area (Å²) in [5.74, 6) is -0.812. The van der Waals surface area contributed by atoms with E-state index in [0.717, 1.165) is 16.3 Å². The number of nitrogens with one attached hydrogen (secondary N) is 2. The van der Waals surface area contributed by atoms with E-state index in [1.165, 1.54) is 11.3 Å². The van der Waals surface area contributed by atoms with Crippen molar-refractivity contribution in [3.05, 3.63) is 21.8 Å². The molecule has 0 unspecified atom stereocenters. The molecule has 0 saturated heterocycles. The minimum atomic E-state index is -0.691. The Labute approximate surface area is 129 Å². The van der Waals surface area contributed by atoms with Crippen molar-refractivity contribution in [3.8, 4) is 0 Å². The minimum Gasteiger partial charge on any atom is -0.365 e. The molecule has 0 bridgehead atoms. The SMILES string of the molecule is CNc1nc(C(N)=O)c(NC(=O)c2csc(C(C)C)n2)s1. The molecule has 21 heavy (non-hydrogen) atoms. The molecule has 4 N–H and O–H groups in total. The van der Waals surface area contributed by atoms with Crippen LogP contribution in [0.5, 0.6) is 0 Å². The van der Waals surface area contributed by atoms with Crippen LogP contribution in [0, 0.1) is 0 Å². The van der Waals surface area contributed by atoms with E-state index in [-0.39, 0.29) is 17.5 Å². The number of hydrogen-bond acceptors (Lipinski definition) is 7. The molecule has 2 rings (SSSR count). The number of rotatable bonds is 5. The van der Waals surface area contributed by atoms with E-state index in [1.54, 1.807) is 12.4 Å². The van der Waals surface area contributed by atoms with Gasteiger partial charge in [0.15, 0.2) is 10.8 Å². The zero-order valence-corrected chi connectivity index (χ0v) is 13.4. The van der Waals surface area contributed by atoms with Crippen molar-refractivity contribution in [2.24, 2.45) is 5.73 Å². The Morgan fingerprint density at radius 1 is 1.33 bits per heavy atom. The number of primary amides is 1. The summed E-state index contributed by atoms with van der Waals surface area (Å²) >= 11 is 2.57. The molecule has 0 aliphatic rings. The third kappa shape index (κ3) is 3.37. The Morgan fingerprint density at radius 3 is 2.57 bits per heavy atom. The van der Waals surface area contributed by atoms with Crippen LogP contribution in [0.4, 0.5) is 10.1 Å². The van der Waals surface area contributed by atoms with Crippen LogP contribution >= 0.6 is 22.7 Å². The fraction of sp³-hybridized carbons (Fsp3) is 0.333. The lowest BCUT2D eigenvalue weighted by molar-refractivity contribution is 0.0997. The quantitative estimate of drug-likeness (QED) is 0.780. The highest BCUT2D eigenvalue weighted by Gasteiger charge is 2.20. The summed E-state index contributed by atoms with van der Waals surface area (Å²) < 4.78 is 0. The zero-order chi connectivity index (χ0) is 15.6. The first-order chi connectivity index (χ1) is 9.92. The maximum Gasteiger partial charge on any atom is 0.275 e. The van der Waals surface area contributed by atoms with Crippen LogP contribution in [0.1, 0.15) is 45.7 Å². The summed E-state index contributed by atoms with van der Waals surface area (Å²) in [5.41, 5.74) is 5.61. The number of aromatic nitrogens is 2. The van der Waals surface area contributed by atoms with Gasteiger partial charge in [0.2, 0.25) is 0 Å². The second kappa shape index (κ2) is 6.19. The Hall–Kier alpha value is -2.00. The first kappa shape index (κ1) is 15.4. The number of carbonyl (C=O) groups excluding carboxylic acids is 2. The van der Waals surface area contributed by atoms with Gasteiger partial charge in [0.25, 0.3) is 11.8 Å². The van der Waals surface area contributed by atoms with Crippen molar-refractivity contribution < 1.29 is 9.59 Å². The van der Waals surface area contributed by atoms with Gasteiger partial charge in [-0.05, 0) is 0 Å². The van der Waals surface area contributed by atoms with Gasteiger partial charge in [-0.2, -0.15) is 0 Å². The van der Waals surface area contributed by atoms with Gasteiger partial charge in [0.05, 0.1) is 5.01 Å². The van der Waals surface area contributed by atoms with E-state index in [9.17, 15) is 9.59 Å². The van der Waals surface area contributed by atoms with Gasteiger partial charge in [0.1, 0.15) is 10.7 Å². The Morgan fingerprint density at radius 2 is 2.05 bits per heavy atom. The lowest BCUT2D eigenvalue weighted by Crippen LogP contribution is -2.17. The summed E-state index contributed by atoms with van der Waals surface area (Å²) in [7, 11) is 1.67. The summed E-state index contributed by atoms with van der Waals surface area (Å²) in [6.07, 6.45) is 0. The van der Waals surface area contributed by atoms with E-state index in [0.29, 0.717) is 15.8 Å². The van der Waals surface area contributed by atoms with E-state index >= 15 is 0 Å². The maximum absolute atomic E-state index is 12.2. The second-order valence-corrected chi connectivity index (χ2v) is 6.38. The average molecular weight is 325 g/mol. The number of thiazole rings is 2. The van der Waals surface area contributed by atoms with E-state index in [1.807, 2.05) is 13.8 Å². The van der Waals surface area contributed by atoms with Gasteiger partial charge >= 0.3 is 0 Å². The smallest absolute Gasteiger partial charge is 0.275 e. The topological polar surface area (TPSA) is 110 Å². The van der Waals surface area contributed by atoms with Crippen molar-refractivity contribution in [3.63, 3.8) is 0 Å². The molecule has 0 spiro atoms. The lowest BCUT2D eigenvalue weighted by Gasteiger charge is -2.01. The van der Waals surface area contributed by atoms with Crippen LogP contribution in [0.3, 0.4) is 0 Å². The first-order valence-electron chi connectivity index (χ1n) is 6.17. The van der Waals surface area contributed by atoms with Gasteiger partial charge in [-0.3, -0.25) is 9.59 Å². The molecular weight excluding hydrogens is 310 g/mol. The highest BCUT2D eigenvalue weighted by Crippen LogP contribution is 2.28. The van der Waals surface area contributed by atoms with Gasteiger partial charge in [-0.15, -0.1) is 11.3 Å². The van der Waals surface area contributed by atoms with Crippen molar-refractivity contribution in [1.82, 2.24) is 9.97 Å². The molecule has 2 aromatic heterocycles. The van der Waals surface area contributed by atoms with Gasteiger partial charge in [-0.1, -0.05) is 25.2 Å². The molecule has 2 heterocycles. The highest BCUT2D eigenvalue weighted by molar-refractivity contribution is 7.20. The van der Waals surface area contributed by atoms with Crippen LogP contribution in [0.2, 0.25) is 0 Å². The lowest BCUT2D eigenvalue weighted by atomic mass is 10.2. The molecule has 0 aromatic carbocycles. The van der Waals surface area contributed by atoms with Crippen molar-refractivity contribution in [2.75, 3.05) is 17.7 Å². The van der Waals surface area contributed by atoms with Crippen molar-refractivity contribution in [1.29, 1.82) is 0 Å². The normalized spacial score (nSPS) is 10.7. The molecule has 7 nitrogen and oxygen atoms in total. The number of anilines is 2. The molecule has 0 saturated carbocycles. The minimum absolute atomic E-state index is 0.0389. The monoisotopic (exact) mass is 325 g/mol. The van der Waals surface area contributed by atoms with Gasteiger partial charge in [0, 0.05) is 18.3 Å². The maximum atomic E-state index is 12.2. The predicted molar refractivity (Wildman–Crippen MR) is 84.3 cm³/mol. The second-order valence-electron chi connectivity index (χ2n) is 4.49. The standard InChI is InChI=1S/C12H15N5O2S2/c1-5(2)10-15-6(4-20-10)9(19)17-11-7(8(13)18)16-12(14-3)21-11/h4-5H,1-3H3,(H2,13,18)(H,14,16)(H,17,19). The number of amides is 2. The predicted octanol–water partition coefficient (Wildman–Crippen LogP) is 2.12. The van der Waals surface area contributed by atoms with Crippen LogP contribution < -0.4 is 16.4 Å². The van der Waals surface area contributed by atoms with E-state index in [2.05, 4.69) is 20.6 Å². The summed E-state index contributed by atoms with van der Waals surface area (Å²) in [6, 6.07) is 0. The molecule has 0 aliphatic heterocycles. The number of carbonyl (C=O) groups is 2. The van der Waals surface area contributed by atoms with Gasteiger partial charge < -0.3 is 16.4 Å². The van der Waals surface area contributed by atoms with Crippen LogP contribution in [-0.2, 0) is 0 Å². The van der Waals surface area contributed by atoms with E-state index in [4.69, 9.17) is 5.73 Å². The zero-order valence-electron chi connectivity index (χ0n) is 11.8. The molecular formula is C12H15N5O2S2. The van der Waals surface area contributed by atoms with Crippen LogP contribution in [0.15, 0.2) is 5.38 Å². The Kier molecular flexibility index (Phi) is 4.53. The third-order valence-electron chi connectivity index (χ3n) is 2.55. The Balaban J connectivity index is 2.22. The van der Waals surface area contributed by atoms with E-state index < -0.39 is 5.91 Å². The fourth-order valence-corrected chi connectivity index (χ4v) is 3.14. The molecule has 0 fully saturated rings. The van der Waals surface area contributed by atoms with Crippen molar-refractivity contribution in [2.45, 2.75) is 19.8 Å². The molecule has 0 atom stereocenters. The first-order valence-corrected chi connectivity index (χ1v) is 7.87. The van der Waals surface area contributed by atoms with Gasteiger partial charge in [-0.25, -0.2) is 9.97 Å². The summed E-state index contributed by atoms with van der Waals surface area (Å²) in [6.45, 7) is 4.02. The highest BCUT2D eigenvalue weighted by atomic mass is 32.1. The average Bonchev–Trinajstić information content (AvgIpc) is 3.04. The molecule has 9 heteroatoms. The molecule has 2 amide bonds.